The number of allylic oxidation sites excluding steroid dienone is 1. The Hall–Kier alpha value is -0.823. The predicted octanol–water partition coefficient (Wildman–Crippen LogP) is 6.26. The van der Waals surface area contributed by atoms with Crippen LogP contribution in [-0.2, 0) is 13.9 Å². The average molecular weight is 424 g/mol. The summed E-state index contributed by atoms with van der Waals surface area (Å²) in [6.07, 6.45) is 6.08. The van der Waals surface area contributed by atoms with Gasteiger partial charge in [-0.1, -0.05) is 52.4 Å². The molecule has 6 heteroatoms. The van der Waals surface area contributed by atoms with Gasteiger partial charge in [0.05, 0.1) is 11.1 Å². The molecule has 28 heavy (non-hydrogen) atoms. The molecule has 1 aliphatic rings. The number of hydrogen-bond acceptors (Lipinski definition) is 5. The van der Waals surface area contributed by atoms with Crippen LogP contribution in [0.3, 0.4) is 0 Å². The SMILES string of the molecule is CC(C)/C=C(\COC1CCCOC1Sc1ccccn1)O[Si](C)(C)C(C)(C)C. The molecular weight excluding hydrogens is 386 g/mol. The second kappa shape index (κ2) is 10.3. The third-order valence-electron chi connectivity index (χ3n) is 5.24. The van der Waals surface area contributed by atoms with Crippen LogP contribution in [-0.4, -0.2) is 38.1 Å². The number of pyridine rings is 1. The van der Waals surface area contributed by atoms with Crippen molar-refractivity contribution >= 4 is 20.1 Å². The van der Waals surface area contributed by atoms with Gasteiger partial charge in [0, 0.05) is 12.8 Å². The van der Waals surface area contributed by atoms with Crippen LogP contribution in [0.2, 0.25) is 18.1 Å². The lowest BCUT2D eigenvalue weighted by Gasteiger charge is -2.38. The lowest BCUT2D eigenvalue weighted by molar-refractivity contribution is -0.0648. The van der Waals surface area contributed by atoms with Crippen molar-refractivity contribution in [3.8, 4) is 0 Å². The zero-order valence-corrected chi connectivity index (χ0v) is 20.3. The molecule has 1 aromatic heterocycles. The minimum Gasteiger partial charge on any atom is -0.545 e. The Balaban J connectivity index is 2.03. The molecule has 0 spiro atoms. The summed E-state index contributed by atoms with van der Waals surface area (Å²) in [6.45, 7) is 17.0. The highest BCUT2D eigenvalue weighted by atomic mass is 32.2. The molecule has 1 saturated heterocycles. The maximum Gasteiger partial charge on any atom is 0.250 e. The van der Waals surface area contributed by atoms with Crippen molar-refractivity contribution in [2.24, 2.45) is 5.92 Å². The van der Waals surface area contributed by atoms with Crippen LogP contribution in [0, 0.1) is 5.92 Å². The zero-order valence-electron chi connectivity index (χ0n) is 18.5. The van der Waals surface area contributed by atoms with Crippen LogP contribution < -0.4 is 0 Å². The van der Waals surface area contributed by atoms with Crippen molar-refractivity contribution in [3.63, 3.8) is 0 Å². The molecule has 0 amide bonds. The second-order valence-electron chi connectivity index (χ2n) is 9.26. The van der Waals surface area contributed by atoms with E-state index < -0.39 is 8.32 Å². The lowest BCUT2D eigenvalue weighted by Crippen LogP contribution is -2.41. The fourth-order valence-corrected chi connectivity index (χ4v) is 4.82. The molecule has 0 N–H and O–H groups in total. The van der Waals surface area contributed by atoms with E-state index in [0.717, 1.165) is 30.2 Å². The first-order valence-corrected chi connectivity index (χ1v) is 14.1. The van der Waals surface area contributed by atoms with Gasteiger partial charge in [0.1, 0.15) is 17.8 Å². The maximum atomic E-state index is 6.57. The summed E-state index contributed by atoms with van der Waals surface area (Å²) in [5, 5.41) is 1.13. The Bertz CT molecular complexity index is 628. The van der Waals surface area contributed by atoms with E-state index in [1.165, 1.54) is 0 Å². The third kappa shape index (κ3) is 7.21. The highest BCUT2D eigenvalue weighted by molar-refractivity contribution is 7.99. The minimum absolute atomic E-state index is 0.0307. The molecular formula is C22H37NO3SSi. The number of thioether (sulfide) groups is 1. The molecule has 4 nitrogen and oxygen atoms in total. The molecule has 0 aromatic carbocycles. The van der Waals surface area contributed by atoms with E-state index in [-0.39, 0.29) is 16.6 Å². The number of hydrogen-bond donors (Lipinski definition) is 0. The van der Waals surface area contributed by atoms with Crippen LogP contribution in [0.1, 0.15) is 47.5 Å². The first-order valence-electron chi connectivity index (χ1n) is 10.3. The van der Waals surface area contributed by atoms with Crippen LogP contribution in [0.25, 0.3) is 0 Å². The van der Waals surface area contributed by atoms with Gasteiger partial charge in [-0.3, -0.25) is 0 Å². The van der Waals surface area contributed by atoms with Crippen LogP contribution in [0.15, 0.2) is 41.3 Å². The molecule has 2 atom stereocenters. The average Bonchev–Trinajstić information content (AvgIpc) is 2.60. The van der Waals surface area contributed by atoms with E-state index in [1.807, 2.05) is 24.4 Å². The van der Waals surface area contributed by atoms with E-state index in [9.17, 15) is 0 Å². The number of ether oxygens (including phenoxy) is 2. The Morgan fingerprint density at radius 1 is 1.36 bits per heavy atom. The van der Waals surface area contributed by atoms with Gasteiger partial charge >= 0.3 is 0 Å². The molecule has 1 aliphatic heterocycles. The van der Waals surface area contributed by atoms with E-state index >= 15 is 0 Å². The van der Waals surface area contributed by atoms with Gasteiger partial charge in [0.25, 0.3) is 0 Å². The smallest absolute Gasteiger partial charge is 0.250 e. The molecule has 0 saturated carbocycles. The summed E-state index contributed by atoms with van der Waals surface area (Å²) >= 11 is 1.65. The van der Waals surface area contributed by atoms with Crippen molar-refractivity contribution in [1.29, 1.82) is 0 Å². The van der Waals surface area contributed by atoms with Crippen LogP contribution in [0.5, 0.6) is 0 Å². The van der Waals surface area contributed by atoms with E-state index in [0.29, 0.717) is 12.5 Å². The highest BCUT2D eigenvalue weighted by Gasteiger charge is 2.39. The molecule has 158 valence electrons. The number of aromatic nitrogens is 1. The minimum atomic E-state index is -1.89. The first kappa shape index (κ1) is 23.5. The van der Waals surface area contributed by atoms with Crippen molar-refractivity contribution in [2.45, 2.75) is 82.2 Å². The summed E-state index contributed by atoms with van der Waals surface area (Å²) in [5.41, 5.74) is -0.0307. The summed E-state index contributed by atoms with van der Waals surface area (Å²) < 4.78 is 18.9. The zero-order chi connectivity index (χ0) is 20.8. The molecule has 2 rings (SSSR count). The quantitative estimate of drug-likeness (QED) is 0.365. The highest BCUT2D eigenvalue weighted by Crippen LogP contribution is 2.38. The molecule has 0 aliphatic carbocycles. The largest absolute Gasteiger partial charge is 0.545 e. The van der Waals surface area contributed by atoms with Gasteiger partial charge in [-0.05, 0) is 55.1 Å². The Morgan fingerprint density at radius 2 is 2.11 bits per heavy atom. The molecule has 1 fully saturated rings. The molecule has 0 bridgehead atoms. The van der Waals surface area contributed by atoms with Crippen molar-refractivity contribution in [1.82, 2.24) is 4.98 Å². The van der Waals surface area contributed by atoms with E-state index in [1.54, 1.807) is 11.8 Å². The fourth-order valence-electron chi connectivity index (χ4n) is 2.69. The summed E-state index contributed by atoms with van der Waals surface area (Å²) in [5.74, 6) is 1.39. The van der Waals surface area contributed by atoms with Gasteiger partial charge in [0.2, 0.25) is 8.32 Å². The summed E-state index contributed by atoms with van der Waals surface area (Å²) in [7, 11) is -1.89. The Morgan fingerprint density at radius 3 is 2.71 bits per heavy atom. The van der Waals surface area contributed by atoms with Crippen molar-refractivity contribution in [3.05, 3.63) is 36.2 Å². The number of rotatable bonds is 8. The van der Waals surface area contributed by atoms with E-state index in [2.05, 4.69) is 58.8 Å². The summed E-state index contributed by atoms with van der Waals surface area (Å²) in [6, 6.07) is 5.95. The predicted molar refractivity (Wildman–Crippen MR) is 120 cm³/mol. The van der Waals surface area contributed by atoms with Crippen LogP contribution >= 0.6 is 11.8 Å². The summed E-state index contributed by atoms with van der Waals surface area (Å²) in [4.78, 5) is 4.41. The number of nitrogens with zero attached hydrogens (tertiary/aromatic N) is 1. The van der Waals surface area contributed by atoms with Gasteiger partial charge in [-0.15, -0.1) is 0 Å². The van der Waals surface area contributed by atoms with Gasteiger partial charge < -0.3 is 13.9 Å². The topological polar surface area (TPSA) is 40.6 Å². The van der Waals surface area contributed by atoms with E-state index in [4.69, 9.17) is 13.9 Å². The van der Waals surface area contributed by atoms with Crippen molar-refractivity contribution < 1.29 is 13.9 Å². The van der Waals surface area contributed by atoms with Gasteiger partial charge in [-0.2, -0.15) is 0 Å². The normalized spacial score (nSPS) is 21.8. The Labute approximate surface area is 176 Å². The molecule has 0 radical (unpaired) electrons. The second-order valence-corrected chi connectivity index (χ2v) is 15.1. The molecule has 2 heterocycles. The monoisotopic (exact) mass is 423 g/mol. The van der Waals surface area contributed by atoms with Crippen LogP contribution in [0.4, 0.5) is 0 Å². The Kier molecular flexibility index (Phi) is 8.61. The maximum absolute atomic E-state index is 6.57. The first-order chi connectivity index (χ1) is 13.1. The van der Waals surface area contributed by atoms with Crippen molar-refractivity contribution in [2.75, 3.05) is 13.2 Å². The lowest BCUT2D eigenvalue weighted by atomic mass is 10.1. The molecule has 2 unspecified atom stereocenters. The van der Waals surface area contributed by atoms with Gasteiger partial charge in [0.15, 0.2) is 0 Å². The van der Waals surface area contributed by atoms with Gasteiger partial charge in [-0.25, -0.2) is 4.98 Å². The molecule has 1 aromatic rings. The third-order valence-corrected chi connectivity index (χ3v) is 10.8. The standard InChI is InChI=1S/C22H37NO3SSi/c1-17(2)15-18(26-28(6,7)22(3,4)5)16-25-19-11-10-14-24-21(19)27-20-12-8-9-13-23-20/h8-9,12-13,15,17,19,21H,10-11,14,16H2,1-7H3/b18-15+. The fraction of sp³-hybridized carbons (Fsp3) is 0.682.